The number of benzene rings is 2. The zero-order valence-electron chi connectivity index (χ0n) is 33.1. The number of nitrogens with zero attached hydrogens (tertiary/aromatic N) is 5. The number of rotatable bonds is 9. The molecule has 3 aromatic heterocycles. The number of hydrogen-bond acceptors (Lipinski definition) is 8. The number of fused-ring (bicyclic) bond motifs is 6. The van der Waals surface area contributed by atoms with Crippen LogP contribution in [0.25, 0.3) is 21.8 Å². The highest BCUT2D eigenvalue weighted by Crippen LogP contribution is 2.42. The molecule has 2 aromatic carbocycles. The van der Waals surface area contributed by atoms with Crippen molar-refractivity contribution < 1.29 is 19.6 Å². The lowest BCUT2D eigenvalue weighted by atomic mass is 9.79. The van der Waals surface area contributed by atoms with Gasteiger partial charge in [-0.2, -0.15) is 5.06 Å². The number of aromatic amines is 2. The Labute approximate surface area is 326 Å². The van der Waals surface area contributed by atoms with Crippen molar-refractivity contribution in [1.29, 1.82) is 0 Å². The quantitative estimate of drug-likeness (QED) is 0.126. The van der Waals surface area contributed by atoms with Crippen LogP contribution in [0.1, 0.15) is 95.1 Å². The highest BCUT2D eigenvalue weighted by molar-refractivity contribution is 5.96. The van der Waals surface area contributed by atoms with Crippen molar-refractivity contribution in [2.75, 3.05) is 0 Å². The van der Waals surface area contributed by atoms with E-state index < -0.39 is 29.2 Å². The lowest BCUT2D eigenvalue weighted by Crippen LogP contribution is -2.60. The van der Waals surface area contributed by atoms with Crippen molar-refractivity contribution in [3.63, 3.8) is 0 Å². The average Bonchev–Trinajstić information content (AvgIpc) is 3.89. The van der Waals surface area contributed by atoms with E-state index in [1.165, 1.54) is 5.06 Å². The molecule has 8 rings (SSSR count). The predicted molar refractivity (Wildman–Crippen MR) is 212 cm³/mol. The van der Waals surface area contributed by atoms with E-state index in [0.29, 0.717) is 44.3 Å². The van der Waals surface area contributed by atoms with Crippen molar-refractivity contribution in [3.8, 4) is 0 Å². The van der Waals surface area contributed by atoms with Gasteiger partial charge in [-0.1, -0.05) is 55.5 Å². The molecule has 1 saturated heterocycles. The first-order valence-corrected chi connectivity index (χ1v) is 19.9. The first-order chi connectivity index (χ1) is 26.7. The molecular formula is C42H54N10O4. The van der Waals surface area contributed by atoms with Gasteiger partial charge in [0.1, 0.15) is 17.8 Å². The highest BCUT2D eigenvalue weighted by atomic mass is 16.5. The molecule has 1 fully saturated rings. The number of carbonyl (C=O) groups excluding carboxylic acids is 3. The molecule has 3 atom stereocenters. The molecule has 3 aliphatic rings. The molecule has 0 unspecified atom stereocenters. The van der Waals surface area contributed by atoms with Crippen LogP contribution in [0.2, 0.25) is 0 Å². The predicted octanol–water partition coefficient (Wildman–Crippen LogP) is 4.64. The maximum atomic E-state index is 14.6. The Hall–Kier alpha value is -5.05. The molecule has 56 heavy (non-hydrogen) atoms. The minimum Gasteiger partial charge on any atom is -0.357 e. The number of H-pyrrole nitrogens is 2. The fraction of sp³-hybridized carbons (Fsp3) is 0.500. The number of carbonyl (C=O) groups is 3. The molecule has 0 saturated carbocycles. The standard InChI is InChI=1S/C42H54N10O4/c1-24(2)15-33(38(53)44-20-25-22-51(49-48-25)26-18-41(3,4)52(56)42(5,6)19-26)47-39(54)37-17-30-28-12-8-10-14-32(28)46-36(30)23-50(37)40(55)34-16-29-27-11-7-9-13-31(27)45-35(29)21-43-34/h7-14,22,24,26,33-34,37,43,45-46,56H,15-21,23H2,1-6H3,(H,44,53)(H,47,54)/t33-,34+,37+/m1/s1. The van der Waals surface area contributed by atoms with Gasteiger partial charge in [-0.3, -0.25) is 19.7 Å². The van der Waals surface area contributed by atoms with Crippen molar-refractivity contribution >= 4 is 39.5 Å². The number of nitrogens with one attached hydrogen (secondary N) is 5. The third kappa shape index (κ3) is 7.09. The van der Waals surface area contributed by atoms with E-state index in [1.54, 1.807) is 4.90 Å². The van der Waals surface area contributed by atoms with Gasteiger partial charge in [0.25, 0.3) is 0 Å². The summed E-state index contributed by atoms with van der Waals surface area (Å²) >= 11 is 0. The van der Waals surface area contributed by atoms with Crippen molar-refractivity contribution in [3.05, 3.63) is 82.9 Å². The summed E-state index contributed by atoms with van der Waals surface area (Å²) in [4.78, 5) is 51.6. The molecule has 14 nitrogen and oxygen atoms in total. The summed E-state index contributed by atoms with van der Waals surface area (Å²) in [5, 5.41) is 32.6. The van der Waals surface area contributed by atoms with Crippen LogP contribution in [-0.4, -0.2) is 87.1 Å². The largest absolute Gasteiger partial charge is 0.357 e. The fourth-order valence-corrected chi connectivity index (χ4v) is 9.44. The number of hydroxylamine groups is 2. The van der Waals surface area contributed by atoms with E-state index in [1.807, 2.05) is 94.9 Å². The maximum Gasteiger partial charge on any atom is 0.243 e. The Morgan fingerprint density at radius 3 is 2.20 bits per heavy atom. The molecule has 5 aromatic rings. The molecule has 296 valence electrons. The van der Waals surface area contributed by atoms with E-state index >= 15 is 0 Å². The van der Waals surface area contributed by atoms with Crippen LogP contribution in [-0.2, 0) is 46.9 Å². The van der Waals surface area contributed by atoms with E-state index in [0.717, 1.165) is 44.3 Å². The van der Waals surface area contributed by atoms with Gasteiger partial charge >= 0.3 is 0 Å². The van der Waals surface area contributed by atoms with Crippen molar-refractivity contribution in [2.24, 2.45) is 5.92 Å². The minimum atomic E-state index is -0.823. The molecule has 0 spiro atoms. The smallest absolute Gasteiger partial charge is 0.243 e. The van der Waals surface area contributed by atoms with E-state index in [-0.39, 0.29) is 42.8 Å². The van der Waals surface area contributed by atoms with Gasteiger partial charge in [0.05, 0.1) is 31.4 Å². The first kappa shape index (κ1) is 37.9. The van der Waals surface area contributed by atoms with Crippen LogP contribution in [0.3, 0.4) is 0 Å². The molecule has 3 aliphatic heterocycles. The second-order valence-corrected chi connectivity index (χ2v) is 17.7. The van der Waals surface area contributed by atoms with Gasteiger partial charge < -0.3 is 30.7 Å². The van der Waals surface area contributed by atoms with Crippen LogP contribution < -0.4 is 16.0 Å². The third-order valence-electron chi connectivity index (χ3n) is 12.1. The zero-order valence-corrected chi connectivity index (χ0v) is 33.1. The van der Waals surface area contributed by atoms with E-state index in [9.17, 15) is 19.6 Å². The van der Waals surface area contributed by atoms with Crippen LogP contribution in [0.4, 0.5) is 0 Å². The van der Waals surface area contributed by atoms with Gasteiger partial charge in [0, 0.05) is 57.2 Å². The number of aromatic nitrogens is 5. The SMILES string of the molecule is CC(C)C[C@@H](NC(=O)[C@@H]1Cc2c([nH]c3ccccc23)CN1C(=O)[C@@H]1Cc2c([nH]c3ccccc23)CN1)C(=O)NCc1cn(C2CC(C)(C)N(O)C(C)(C)C2)nn1. The van der Waals surface area contributed by atoms with E-state index in [2.05, 4.69) is 42.3 Å². The van der Waals surface area contributed by atoms with Crippen LogP contribution in [0, 0.1) is 5.92 Å². The van der Waals surface area contributed by atoms with Crippen LogP contribution in [0.5, 0.6) is 0 Å². The number of hydrogen-bond donors (Lipinski definition) is 6. The van der Waals surface area contributed by atoms with Gasteiger partial charge in [0.15, 0.2) is 0 Å². The van der Waals surface area contributed by atoms with Gasteiger partial charge in [-0.15, -0.1) is 5.10 Å². The Morgan fingerprint density at radius 1 is 0.911 bits per heavy atom. The van der Waals surface area contributed by atoms with Crippen molar-refractivity contribution in [2.45, 2.75) is 129 Å². The fourth-order valence-electron chi connectivity index (χ4n) is 9.44. The minimum absolute atomic E-state index is 0.0281. The molecule has 0 aliphatic carbocycles. The summed E-state index contributed by atoms with van der Waals surface area (Å²) in [6, 6.07) is 14.0. The molecule has 0 radical (unpaired) electrons. The number of para-hydroxylation sites is 2. The second-order valence-electron chi connectivity index (χ2n) is 17.7. The Bertz CT molecular complexity index is 2270. The summed E-state index contributed by atoms with van der Waals surface area (Å²) in [5.41, 5.74) is 5.85. The lowest BCUT2D eigenvalue weighted by molar-refractivity contribution is -0.249. The molecule has 3 amide bonds. The lowest BCUT2D eigenvalue weighted by Gasteiger charge is -2.51. The number of piperidine rings is 1. The highest BCUT2D eigenvalue weighted by Gasteiger charge is 2.46. The summed E-state index contributed by atoms with van der Waals surface area (Å²) < 4.78 is 1.83. The van der Waals surface area contributed by atoms with E-state index in [4.69, 9.17) is 0 Å². The summed E-state index contributed by atoms with van der Waals surface area (Å²) in [5.74, 6) is -0.711. The zero-order chi connectivity index (χ0) is 39.5. The Balaban J connectivity index is 0.998. The summed E-state index contributed by atoms with van der Waals surface area (Å²) in [6.45, 7) is 13.0. The average molecular weight is 763 g/mol. The van der Waals surface area contributed by atoms with Gasteiger partial charge in [0.2, 0.25) is 17.7 Å². The molecular weight excluding hydrogens is 709 g/mol. The second kappa shape index (κ2) is 14.5. The normalized spacial score (nSPS) is 21.5. The number of amides is 3. The Morgan fingerprint density at radius 2 is 1.54 bits per heavy atom. The topological polar surface area (TPSA) is 176 Å². The summed E-state index contributed by atoms with van der Waals surface area (Å²) in [7, 11) is 0. The monoisotopic (exact) mass is 762 g/mol. The van der Waals surface area contributed by atoms with Crippen LogP contribution >= 0.6 is 0 Å². The Kier molecular flexibility index (Phi) is 9.78. The van der Waals surface area contributed by atoms with Crippen LogP contribution in [0.15, 0.2) is 54.7 Å². The third-order valence-corrected chi connectivity index (χ3v) is 12.1. The molecule has 14 heteroatoms. The molecule has 0 bridgehead atoms. The van der Waals surface area contributed by atoms with Gasteiger partial charge in [-0.05, 0) is 82.6 Å². The molecule has 6 N–H and O–H groups in total. The first-order valence-electron chi connectivity index (χ1n) is 19.9. The van der Waals surface area contributed by atoms with Gasteiger partial charge in [-0.25, -0.2) is 4.68 Å². The summed E-state index contributed by atoms with van der Waals surface area (Å²) in [6.07, 6.45) is 4.47. The molecule has 6 heterocycles. The maximum absolute atomic E-state index is 14.6. The van der Waals surface area contributed by atoms with Crippen molar-refractivity contribution in [1.82, 2.24) is 50.9 Å².